The Labute approximate surface area is 128 Å². The minimum atomic E-state index is -1.56. The van der Waals surface area contributed by atoms with Gasteiger partial charge in [-0.15, -0.1) is 23.2 Å². The lowest BCUT2D eigenvalue weighted by Gasteiger charge is -2.34. The second kappa shape index (κ2) is 3.44. The molecule has 1 N–H and O–H groups in total. The third-order valence-corrected chi connectivity index (χ3v) is 8.23. The molecular weight excluding hydrogens is 349 g/mol. The summed E-state index contributed by atoms with van der Waals surface area (Å²) in [6.45, 7) is 0. The molecule has 0 aromatic carbocycles. The number of rotatable bonds is 0. The largest absolute Gasteiger partial charge is 0.389 e. The number of fused-ring (bicyclic) bond motifs is 5. The lowest BCUT2D eigenvalue weighted by Crippen LogP contribution is -2.46. The highest BCUT2D eigenvalue weighted by Crippen LogP contribution is 2.77. The molecule has 94 valence electrons. The van der Waals surface area contributed by atoms with E-state index in [0.29, 0.717) is 0 Å². The Morgan fingerprint density at radius 1 is 0.941 bits per heavy atom. The summed E-state index contributed by atoms with van der Waals surface area (Å²) >= 11 is 37.9. The molecule has 3 rings (SSSR count). The van der Waals surface area contributed by atoms with Crippen molar-refractivity contribution in [3.8, 4) is 0 Å². The van der Waals surface area contributed by atoms with Crippen LogP contribution in [0.4, 0.5) is 0 Å². The van der Waals surface area contributed by atoms with Crippen LogP contribution in [0.1, 0.15) is 0 Å². The van der Waals surface area contributed by atoms with Gasteiger partial charge in [-0.05, 0) is 0 Å². The molecule has 0 unspecified atom stereocenters. The average molecular weight is 355 g/mol. The molecule has 0 aromatic heterocycles. The first-order chi connectivity index (χ1) is 7.70. The topological polar surface area (TPSA) is 20.2 Å². The molecule has 0 radical (unpaired) electrons. The predicted molar refractivity (Wildman–Crippen MR) is 72.5 cm³/mol. The van der Waals surface area contributed by atoms with E-state index in [-0.39, 0.29) is 16.0 Å². The van der Waals surface area contributed by atoms with Crippen molar-refractivity contribution in [3.05, 3.63) is 22.2 Å². The Kier molecular flexibility index (Phi) is 2.66. The highest BCUT2D eigenvalue weighted by atomic mass is 35.5. The van der Waals surface area contributed by atoms with Gasteiger partial charge in [0.1, 0.15) is 9.75 Å². The van der Waals surface area contributed by atoms with Crippen molar-refractivity contribution >= 4 is 69.6 Å². The quantitative estimate of drug-likeness (QED) is 0.515. The van der Waals surface area contributed by atoms with Crippen LogP contribution in [0, 0.1) is 11.8 Å². The number of halogens is 6. The summed E-state index contributed by atoms with van der Waals surface area (Å²) < 4.78 is -1.56. The van der Waals surface area contributed by atoms with Gasteiger partial charge in [0.25, 0.3) is 0 Å². The average Bonchev–Trinajstić information content (AvgIpc) is 2.73. The monoisotopic (exact) mass is 352 g/mol. The fourth-order valence-corrected chi connectivity index (χ4v) is 6.13. The summed E-state index contributed by atoms with van der Waals surface area (Å²) in [5, 5.41) is 10.3. The highest BCUT2D eigenvalue weighted by molar-refractivity contribution is 6.65. The molecule has 0 aromatic rings. The predicted octanol–water partition coefficient (Wildman–Crippen LogP) is 4.00. The van der Waals surface area contributed by atoms with Crippen molar-refractivity contribution in [2.24, 2.45) is 11.8 Å². The summed E-state index contributed by atoms with van der Waals surface area (Å²) in [6.07, 6.45) is 2.58. The first-order valence-electron chi connectivity index (χ1n) is 4.89. The third kappa shape index (κ3) is 1.09. The standard InChI is InChI=1S/C10H6Cl6O/c11-6-7(12)9(14)5-3(1-2-4(5)17)8(6,13)10(9,15)16/h1-5,17H/t3-,4-,5-,8+,9-/m0/s1. The van der Waals surface area contributed by atoms with Gasteiger partial charge >= 0.3 is 0 Å². The van der Waals surface area contributed by atoms with Crippen molar-refractivity contribution < 1.29 is 5.11 Å². The molecule has 1 saturated carbocycles. The molecule has 0 heterocycles. The van der Waals surface area contributed by atoms with E-state index in [2.05, 4.69) is 0 Å². The van der Waals surface area contributed by atoms with Gasteiger partial charge in [0.2, 0.25) is 0 Å². The Hall–Kier alpha value is 1.18. The summed E-state index contributed by atoms with van der Waals surface area (Å²) in [6, 6.07) is 0. The number of hydrogen-bond donors (Lipinski definition) is 1. The van der Waals surface area contributed by atoms with Crippen LogP contribution in [0.15, 0.2) is 22.2 Å². The lowest BCUT2D eigenvalue weighted by molar-refractivity contribution is 0.138. The van der Waals surface area contributed by atoms with E-state index < -0.39 is 26.1 Å². The zero-order valence-corrected chi connectivity index (χ0v) is 12.6. The summed E-state index contributed by atoms with van der Waals surface area (Å²) in [5.41, 5.74) is 0. The van der Waals surface area contributed by atoms with Crippen LogP contribution in [0.3, 0.4) is 0 Å². The van der Waals surface area contributed by atoms with Crippen LogP contribution >= 0.6 is 69.6 Å². The van der Waals surface area contributed by atoms with E-state index >= 15 is 0 Å². The van der Waals surface area contributed by atoms with Crippen molar-refractivity contribution in [3.63, 3.8) is 0 Å². The first-order valence-corrected chi connectivity index (χ1v) is 7.15. The van der Waals surface area contributed by atoms with Gasteiger partial charge in [0, 0.05) is 11.8 Å². The molecule has 3 aliphatic rings. The van der Waals surface area contributed by atoms with Crippen LogP contribution in [0.2, 0.25) is 0 Å². The fraction of sp³-hybridized carbons (Fsp3) is 0.600. The molecule has 7 heteroatoms. The van der Waals surface area contributed by atoms with E-state index in [1.807, 2.05) is 0 Å². The van der Waals surface area contributed by atoms with Crippen molar-refractivity contribution in [2.45, 2.75) is 20.2 Å². The van der Waals surface area contributed by atoms with Crippen LogP contribution < -0.4 is 0 Å². The second-order valence-electron chi connectivity index (χ2n) is 4.55. The summed E-state index contributed by atoms with van der Waals surface area (Å²) in [5.74, 6) is -0.798. The maximum absolute atomic E-state index is 9.97. The fourth-order valence-electron chi connectivity index (χ4n) is 3.12. The zero-order chi connectivity index (χ0) is 12.8. The molecule has 0 aliphatic heterocycles. The van der Waals surface area contributed by atoms with Gasteiger partial charge < -0.3 is 5.11 Å². The number of aliphatic hydroxyl groups is 1. The Bertz CT molecular complexity index is 471. The van der Waals surface area contributed by atoms with Crippen LogP contribution in [-0.4, -0.2) is 25.3 Å². The minimum absolute atomic E-state index is 0.129. The van der Waals surface area contributed by atoms with Crippen LogP contribution in [0.25, 0.3) is 0 Å². The molecule has 1 fully saturated rings. The van der Waals surface area contributed by atoms with E-state index in [1.165, 1.54) is 0 Å². The zero-order valence-electron chi connectivity index (χ0n) is 8.10. The van der Waals surface area contributed by atoms with Crippen molar-refractivity contribution in [1.82, 2.24) is 0 Å². The normalized spacial score (nSPS) is 54.6. The molecular formula is C10H6Cl6O. The minimum Gasteiger partial charge on any atom is -0.389 e. The Morgan fingerprint density at radius 2 is 1.47 bits per heavy atom. The number of alkyl halides is 4. The van der Waals surface area contributed by atoms with Crippen LogP contribution in [-0.2, 0) is 0 Å². The molecule has 2 bridgehead atoms. The molecule has 0 saturated heterocycles. The third-order valence-electron chi connectivity index (χ3n) is 3.93. The van der Waals surface area contributed by atoms with Crippen molar-refractivity contribution in [2.75, 3.05) is 0 Å². The molecule has 1 nitrogen and oxygen atoms in total. The second-order valence-corrected chi connectivity index (χ2v) is 7.83. The first kappa shape index (κ1) is 13.2. The SMILES string of the molecule is O[C@H]1C=C[C@H]2[C@@H]1[C@]1(Cl)C(Cl)=C(Cl)[C@@]2(Cl)C1(Cl)Cl. The number of hydrogen-bond acceptors (Lipinski definition) is 1. The number of aliphatic hydroxyl groups excluding tert-OH is 1. The van der Waals surface area contributed by atoms with Crippen LogP contribution in [0.5, 0.6) is 0 Å². The van der Waals surface area contributed by atoms with Gasteiger partial charge in [0.05, 0.1) is 16.2 Å². The van der Waals surface area contributed by atoms with Gasteiger partial charge in [-0.3, -0.25) is 0 Å². The van der Waals surface area contributed by atoms with Gasteiger partial charge in [-0.1, -0.05) is 58.6 Å². The molecule has 0 amide bonds. The molecule has 5 atom stereocenters. The Balaban J connectivity index is 2.32. The maximum Gasteiger partial charge on any atom is 0.167 e. The molecule has 3 aliphatic carbocycles. The van der Waals surface area contributed by atoms with E-state index in [4.69, 9.17) is 69.6 Å². The molecule has 0 spiro atoms. The van der Waals surface area contributed by atoms with Gasteiger partial charge in [-0.25, -0.2) is 0 Å². The summed E-state index contributed by atoms with van der Waals surface area (Å²) in [4.78, 5) is -2.64. The van der Waals surface area contributed by atoms with Gasteiger partial charge in [0.15, 0.2) is 4.33 Å². The smallest absolute Gasteiger partial charge is 0.167 e. The molecule has 17 heavy (non-hydrogen) atoms. The van der Waals surface area contributed by atoms with Crippen molar-refractivity contribution in [1.29, 1.82) is 0 Å². The maximum atomic E-state index is 9.97. The van der Waals surface area contributed by atoms with Gasteiger partial charge in [-0.2, -0.15) is 0 Å². The Morgan fingerprint density at radius 3 is 2.06 bits per heavy atom. The van der Waals surface area contributed by atoms with E-state index in [9.17, 15) is 5.11 Å². The highest BCUT2D eigenvalue weighted by Gasteiger charge is 2.83. The van der Waals surface area contributed by atoms with E-state index in [1.54, 1.807) is 12.2 Å². The summed E-state index contributed by atoms with van der Waals surface area (Å²) in [7, 11) is 0. The number of allylic oxidation sites excluding steroid dienone is 3. The van der Waals surface area contributed by atoms with E-state index in [0.717, 1.165) is 0 Å². The lowest BCUT2D eigenvalue weighted by atomic mass is 9.83.